The van der Waals surface area contributed by atoms with Gasteiger partial charge in [-0.2, -0.15) is 15.1 Å². The highest BCUT2D eigenvalue weighted by Crippen LogP contribution is 2.55. The van der Waals surface area contributed by atoms with Crippen molar-refractivity contribution in [1.82, 2.24) is 19.7 Å². The first-order chi connectivity index (χ1) is 18.1. The number of nitrogens with zero attached hydrogens (tertiary/aromatic N) is 5. The summed E-state index contributed by atoms with van der Waals surface area (Å²) in [7, 11) is -7.85. The molecule has 0 saturated carbocycles. The number of hydrogen-bond acceptors (Lipinski definition) is 10. The Kier molecular flexibility index (Phi) is 10.3. The molecular formula is C21H27Cl2N5O9P2. The van der Waals surface area contributed by atoms with Gasteiger partial charge in [0.05, 0.1) is 18.2 Å². The Hall–Kier alpha value is -1.93. The Labute approximate surface area is 232 Å². The number of aliphatic hydroxyl groups excluding tert-OH is 3. The van der Waals surface area contributed by atoms with Gasteiger partial charge in [0.1, 0.15) is 18.0 Å². The van der Waals surface area contributed by atoms with Crippen molar-refractivity contribution in [2.75, 3.05) is 24.5 Å². The van der Waals surface area contributed by atoms with Gasteiger partial charge in [0.25, 0.3) is 0 Å². The highest BCUT2D eigenvalue weighted by molar-refractivity contribution is 7.70. The number of rotatable bonds is 12. The smallest absolute Gasteiger partial charge is 0.340 e. The summed E-state index contributed by atoms with van der Waals surface area (Å²) in [5, 5.41) is 37.0. The average molecular weight is 626 g/mol. The fraction of sp³-hybridized carbons (Fsp3) is 0.381. The second kappa shape index (κ2) is 12.7. The van der Waals surface area contributed by atoms with E-state index in [2.05, 4.69) is 15.1 Å². The molecule has 1 unspecified atom stereocenters. The maximum Gasteiger partial charge on any atom is 0.340 e. The van der Waals surface area contributed by atoms with E-state index in [4.69, 9.17) is 37.5 Å². The molecule has 0 bridgehead atoms. The lowest BCUT2D eigenvalue weighted by Gasteiger charge is -2.26. The van der Waals surface area contributed by atoms with Gasteiger partial charge < -0.3 is 39.4 Å². The van der Waals surface area contributed by atoms with E-state index < -0.39 is 46.1 Å². The van der Waals surface area contributed by atoms with Gasteiger partial charge in [-0.25, -0.2) is 4.68 Å². The molecule has 0 aliphatic heterocycles. The number of halogens is 2. The van der Waals surface area contributed by atoms with Crippen molar-refractivity contribution in [3.05, 3.63) is 58.0 Å². The van der Waals surface area contributed by atoms with Crippen LogP contribution in [0.2, 0.25) is 10.3 Å². The van der Waals surface area contributed by atoms with Crippen molar-refractivity contribution >= 4 is 55.2 Å². The number of anilines is 1. The van der Waals surface area contributed by atoms with E-state index in [1.807, 2.05) is 12.1 Å². The number of hydrogen-bond donors (Lipinski definition) is 6. The zero-order valence-electron chi connectivity index (χ0n) is 20.6. The molecule has 0 saturated heterocycles. The normalized spacial score (nSPS) is 16.6. The lowest BCUT2D eigenvalue weighted by atomic mass is 10.0. The standard InChI is InChI=1S/C21H27Cl2N5O9P2/c1-3-12(10-37-39(35,36)11-38(32,33)34)16(29)17(30)20(31)28-19-14(8-24-28)18(25-21(23)26-19)27(2)9-13-6-4-5-7-15(13)22/h3-8,16-17,20,29-31H,9-11H2,1-2H3,(H,35,36)(H2,32,33,34)/b12-3-/t16-,17-,20-/m1/s1. The third-order valence-electron chi connectivity index (χ3n) is 5.56. The van der Waals surface area contributed by atoms with Crippen LogP contribution in [0.15, 0.2) is 42.1 Å². The van der Waals surface area contributed by atoms with Crippen molar-refractivity contribution in [2.24, 2.45) is 0 Å². The molecule has 214 valence electrons. The summed E-state index contributed by atoms with van der Waals surface area (Å²) >= 11 is 12.4. The van der Waals surface area contributed by atoms with Crippen LogP contribution in [0.1, 0.15) is 18.7 Å². The molecule has 0 aliphatic rings. The highest BCUT2D eigenvalue weighted by Gasteiger charge is 2.34. The van der Waals surface area contributed by atoms with Crippen molar-refractivity contribution in [3.8, 4) is 0 Å². The van der Waals surface area contributed by atoms with Gasteiger partial charge in [0.2, 0.25) is 5.28 Å². The maximum atomic E-state index is 11.9. The van der Waals surface area contributed by atoms with Crippen LogP contribution < -0.4 is 4.90 Å². The fourth-order valence-corrected chi connectivity index (χ4v) is 6.54. The van der Waals surface area contributed by atoms with Gasteiger partial charge >= 0.3 is 15.2 Å². The second-order valence-corrected chi connectivity index (χ2v) is 13.3. The summed E-state index contributed by atoms with van der Waals surface area (Å²) < 4.78 is 28.6. The van der Waals surface area contributed by atoms with Crippen molar-refractivity contribution in [2.45, 2.75) is 31.9 Å². The highest BCUT2D eigenvalue weighted by atomic mass is 35.5. The Balaban J connectivity index is 1.83. The van der Waals surface area contributed by atoms with Crippen LogP contribution in [0, 0.1) is 0 Å². The molecule has 4 atom stereocenters. The number of aromatic nitrogens is 4. The number of aliphatic hydroxyl groups is 3. The predicted molar refractivity (Wildman–Crippen MR) is 144 cm³/mol. The lowest BCUT2D eigenvalue weighted by molar-refractivity contribution is -0.0845. The Morgan fingerprint density at radius 2 is 1.82 bits per heavy atom. The summed E-state index contributed by atoms with van der Waals surface area (Å²) in [5.41, 5.74) is 0.699. The van der Waals surface area contributed by atoms with E-state index in [1.54, 1.807) is 24.1 Å². The molecule has 18 heteroatoms. The molecule has 39 heavy (non-hydrogen) atoms. The lowest BCUT2D eigenvalue weighted by Crippen LogP contribution is -2.37. The number of fused-ring (bicyclic) bond motifs is 1. The molecule has 3 rings (SSSR count). The molecule has 2 aromatic heterocycles. The van der Waals surface area contributed by atoms with E-state index in [1.165, 1.54) is 19.2 Å². The molecule has 6 N–H and O–H groups in total. The predicted octanol–water partition coefficient (Wildman–Crippen LogP) is 2.27. The van der Waals surface area contributed by atoms with Crippen LogP contribution in [0.5, 0.6) is 0 Å². The van der Waals surface area contributed by atoms with Crippen molar-refractivity contribution in [3.63, 3.8) is 0 Å². The van der Waals surface area contributed by atoms with Crippen LogP contribution in [0.25, 0.3) is 11.0 Å². The van der Waals surface area contributed by atoms with Crippen LogP contribution in [0.3, 0.4) is 0 Å². The Bertz CT molecular complexity index is 1450. The van der Waals surface area contributed by atoms with Crippen molar-refractivity contribution in [1.29, 1.82) is 0 Å². The fourth-order valence-electron chi connectivity index (χ4n) is 3.64. The molecule has 0 radical (unpaired) electrons. The molecular weight excluding hydrogens is 599 g/mol. The van der Waals surface area contributed by atoms with Crippen LogP contribution in [0.4, 0.5) is 5.82 Å². The molecule has 0 spiro atoms. The van der Waals surface area contributed by atoms with E-state index in [0.717, 1.165) is 10.2 Å². The quantitative estimate of drug-likeness (QED) is 0.0969. The van der Waals surface area contributed by atoms with E-state index in [0.29, 0.717) is 22.8 Å². The minimum atomic E-state index is -4.86. The summed E-state index contributed by atoms with van der Waals surface area (Å²) in [6, 6.07) is 7.22. The Morgan fingerprint density at radius 3 is 2.44 bits per heavy atom. The SMILES string of the molecule is C/C=C(/COP(=O)(O)CP(=O)(O)O)[C@@H](O)[C@@H](O)[C@@H](O)n1ncc2c(N(C)Cc3ccccc3Cl)nc(Cl)nc21. The molecule has 14 nitrogen and oxygen atoms in total. The zero-order chi connectivity index (χ0) is 29.1. The minimum absolute atomic E-state index is 0.0366. The van der Waals surface area contributed by atoms with Gasteiger partial charge in [0, 0.05) is 18.6 Å². The minimum Gasteiger partial charge on any atom is -0.386 e. The van der Waals surface area contributed by atoms with Gasteiger partial charge in [-0.1, -0.05) is 35.9 Å². The van der Waals surface area contributed by atoms with E-state index in [9.17, 15) is 29.3 Å². The molecule has 0 amide bonds. The summed E-state index contributed by atoms with van der Waals surface area (Å²) in [6.07, 6.45) is -3.06. The first-order valence-electron chi connectivity index (χ1n) is 11.2. The summed E-state index contributed by atoms with van der Waals surface area (Å²) in [4.78, 5) is 37.6. The zero-order valence-corrected chi connectivity index (χ0v) is 23.9. The van der Waals surface area contributed by atoms with Gasteiger partial charge in [-0.15, -0.1) is 0 Å². The molecule has 1 aromatic carbocycles. The summed E-state index contributed by atoms with van der Waals surface area (Å²) in [5.74, 6) is -1.07. The monoisotopic (exact) mass is 625 g/mol. The number of benzene rings is 1. The number of allylic oxidation sites excluding steroid dienone is 1. The van der Waals surface area contributed by atoms with Gasteiger partial charge in [0.15, 0.2) is 17.8 Å². The largest absolute Gasteiger partial charge is 0.386 e. The molecule has 3 aromatic rings. The molecule has 2 heterocycles. The molecule has 0 fully saturated rings. The van der Waals surface area contributed by atoms with Crippen LogP contribution in [-0.4, -0.2) is 81.5 Å². The van der Waals surface area contributed by atoms with E-state index in [-0.39, 0.29) is 16.5 Å². The van der Waals surface area contributed by atoms with Crippen molar-refractivity contribution < 1.29 is 43.7 Å². The third-order valence-corrected chi connectivity index (χ3v) is 9.53. The average Bonchev–Trinajstić information content (AvgIpc) is 3.26. The molecule has 0 aliphatic carbocycles. The summed E-state index contributed by atoms with van der Waals surface area (Å²) in [6.45, 7) is 1.00. The van der Waals surface area contributed by atoms with Crippen LogP contribution in [-0.2, 0) is 20.2 Å². The maximum absolute atomic E-state index is 11.9. The van der Waals surface area contributed by atoms with Gasteiger partial charge in [-0.05, 0) is 35.7 Å². The first kappa shape index (κ1) is 31.6. The first-order valence-corrected chi connectivity index (χ1v) is 15.5. The van der Waals surface area contributed by atoms with Gasteiger partial charge in [-0.3, -0.25) is 9.13 Å². The Morgan fingerprint density at radius 1 is 1.15 bits per heavy atom. The topological polar surface area (TPSA) is 212 Å². The van der Waals surface area contributed by atoms with Crippen LogP contribution >= 0.6 is 38.4 Å². The third kappa shape index (κ3) is 8.06. The second-order valence-electron chi connectivity index (χ2n) is 8.52. The van der Waals surface area contributed by atoms with E-state index >= 15 is 0 Å².